The highest BCUT2D eigenvalue weighted by Crippen LogP contribution is 2.27. The van der Waals surface area contributed by atoms with E-state index in [4.69, 9.17) is 4.74 Å². The van der Waals surface area contributed by atoms with E-state index in [0.29, 0.717) is 6.42 Å². The van der Waals surface area contributed by atoms with E-state index in [9.17, 15) is 4.79 Å². The Morgan fingerprint density at radius 1 is 1.00 bits per heavy atom. The van der Waals surface area contributed by atoms with Crippen LogP contribution in [0.25, 0.3) is 0 Å². The molecule has 0 saturated carbocycles. The molecule has 0 atom stereocenters. The smallest absolute Gasteiger partial charge is 0.224 e. The van der Waals surface area contributed by atoms with Crippen LogP contribution < -0.4 is 10.1 Å². The summed E-state index contributed by atoms with van der Waals surface area (Å²) in [6.45, 7) is 0.751. The molecule has 0 bridgehead atoms. The SMILES string of the molecule is O=C1CCc2cc(OCCCCCSc3ccccc3)ccc2N1. The Bertz CT molecular complexity index is 673. The molecule has 0 saturated heterocycles. The van der Waals surface area contributed by atoms with Gasteiger partial charge in [-0.2, -0.15) is 0 Å². The van der Waals surface area contributed by atoms with Crippen molar-refractivity contribution in [2.24, 2.45) is 0 Å². The predicted molar refractivity (Wildman–Crippen MR) is 99.9 cm³/mol. The summed E-state index contributed by atoms with van der Waals surface area (Å²) in [4.78, 5) is 12.7. The van der Waals surface area contributed by atoms with Gasteiger partial charge in [0.2, 0.25) is 5.91 Å². The number of carbonyl (C=O) groups excluding carboxylic acids is 1. The molecule has 126 valence electrons. The molecule has 1 heterocycles. The lowest BCUT2D eigenvalue weighted by molar-refractivity contribution is -0.116. The zero-order chi connectivity index (χ0) is 16.6. The average molecular weight is 341 g/mol. The van der Waals surface area contributed by atoms with E-state index in [0.717, 1.165) is 36.6 Å². The van der Waals surface area contributed by atoms with Crippen LogP contribution >= 0.6 is 11.8 Å². The van der Waals surface area contributed by atoms with Gasteiger partial charge >= 0.3 is 0 Å². The van der Waals surface area contributed by atoms with Crippen LogP contribution in [0.5, 0.6) is 5.75 Å². The molecule has 0 unspecified atom stereocenters. The fraction of sp³-hybridized carbons (Fsp3) is 0.350. The van der Waals surface area contributed by atoms with E-state index in [1.807, 2.05) is 23.9 Å². The molecule has 24 heavy (non-hydrogen) atoms. The van der Waals surface area contributed by atoms with Crippen molar-refractivity contribution in [3.05, 3.63) is 54.1 Å². The van der Waals surface area contributed by atoms with Gasteiger partial charge in [0.15, 0.2) is 0 Å². The molecule has 3 nitrogen and oxygen atoms in total. The number of hydrogen-bond donors (Lipinski definition) is 1. The van der Waals surface area contributed by atoms with Gasteiger partial charge in [0.05, 0.1) is 6.61 Å². The number of rotatable bonds is 8. The molecule has 0 fully saturated rings. The minimum absolute atomic E-state index is 0.101. The monoisotopic (exact) mass is 341 g/mol. The van der Waals surface area contributed by atoms with Crippen molar-refractivity contribution < 1.29 is 9.53 Å². The molecular weight excluding hydrogens is 318 g/mol. The highest BCUT2D eigenvalue weighted by molar-refractivity contribution is 7.99. The lowest BCUT2D eigenvalue weighted by atomic mass is 10.0. The number of benzene rings is 2. The number of ether oxygens (including phenoxy) is 1. The summed E-state index contributed by atoms with van der Waals surface area (Å²) < 4.78 is 5.84. The van der Waals surface area contributed by atoms with Gasteiger partial charge in [-0.05, 0) is 67.3 Å². The normalized spacial score (nSPS) is 13.2. The number of nitrogens with one attached hydrogen (secondary N) is 1. The number of thioether (sulfide) groups is 1. The maximum absolute atomic E-state index is 11.4. The summed E-state index contributed by atoms with van der Waals surface area (Å²) >= 11 is 1.92. The highest BCUT2D eigenvalue weighted by Gasteiger charge is 2.14. The second kappa shape index (κ2) is 8.78. The zero-order valence-corrected chi connectivity index (χ0v) is 14.6. The molecule has 1 N–H and O–H groups in total. The maximum Gasteiger partial charge on any atom is 0.224 e. The standard InChI is InChI=1S/C20H23NO2S/c22-20-12-9-16-15-17(10-11-19(16)21-20)23-13-5-2-6-14-24-18-7-3-1-4-8-18/h1,3-4,7-8,10-11,15H,2,5-6,9,12-14H2,(H,21,22). The first-order valence-electron chi connectivity index (χ1n) is 8.55. The number of anilines is 1. The third-order valence-corrected chi connectivity index (χ3v) is 5.14. The Labute approximate surface area is 147 Å². The average Bonchev–Trinajstić information content (AvgIpc) is 2.62. The minimum atomic E-state index is 0.101. The number of hydrogen-bond acceptors (Lipinski definition) is 3. The lowest BCUT2D eigenvalue weighted by Gasteiger charge is -2.17. The first kappa shape index (κ1) is 16.9. The van der Waals surface area contributed by atoms with Gasteiger partial charge in [0.1, 0.15) is 5.75 Å². The van der Waals surface area contributed by atoms with E-state index < -0.39 is 0 Å². The van der Waals surface area contributed by atoms with Crippen LogP contribution in [0.4, 0.5) is 5.69 Å². The Balaban J connectivity index is 1.31. The third-order valence-electron chi connectivity index (χ3n) is 4.04. The van der Waals surface area contributed by atoms with E-state index >= 15 is 0 Å². The summed E-state index contributed by atoms with van der Waals surface area (Å²) in [6, 6.07) is 16.5. The molecule has 1 aliphatic heterocycles. The number of aryl methyl sites for hydroxylation is 1. The van der Waals surface area contributed by atoms with Crippen molar-refractivity contribution in [3.63, 3.8) is 0 Å². The molecule has 1 aliphatic rings. The van der Waals surface area contributed by atoms with Crippen molar-refractivity contribution in [1.29, 1.82) is 0 Å². The molecule has 4 heteroatoms. The first-order chi connectivity index (χ1) is 11.8. The largest absolute Gasteiger partial charge is 0.494 e. The van der Waals surface area contributed by atoms with Gasteiger partial charge in [-0.1, -0.05) is 18.2 Å². The van der Waals surface area contributed by atoms with Crippen LogP contribution in [0.3, 0.4) is 0 Å². The van der Waals surface area contributed by atoms with Crippen LogP contribution in [0.15, 0.2) is 53.4 Å². The Morgan fingerprint density at radius 3 is 2.75 bits per heavy atom. The number of amides is 1. The van der Waals surface area contributed by atoms with Crippen molar-refractivity contribution in [2.75, 3.05) is 17.7 Å². The van der Waals surface area contributed by atoms with Crippen molar-refractivity contribution in [2.45, 2.75) is 37.0 Å². The quantitative estimate of drug-likeness (QED) is 0.547. The van der Waals surface area contributed by atoms with Crippen molar-refractivity contribution >= 4 is 23.4 Å². The van der Waals surface area contributed by atoms with Crippen LogP contribution in [0.2, 0.25) is 0 Å². The molecule has 2 aromatic carbocycles. The van der Waals surface area contributed by atoms with E-state index in [-0.39, 0.29) is 5.91 Å². The number of unbranched alkanes of at least 4 members (excludes halogenated alkanes) is 2. The molecule has 1 amide bonds. The van der Waals surface area contributed by atoms with E-state index in [1.165, 1.54) is 23.3 Å². The molecule has 0 aliphatic carbocycles. The maximum atomic E-state index is 11.4. The summed E-state index contributed by atoms with van der Waals surface area (Å²) in [5.41, 5.74) is 2.10. The summed E-state index contributed by atoms with van der Waals surface area (Å²) in [5.74, 6) is 2.16. The lowest BCUT2D eigenvalue weighted by Crippen LogP contribution is -2.18. The highest BCUT2D eigenvalue weighted by atomic mass is 32.2. The predicted octanol–water partition coefficient (Wildman–Crippen LogP) is 4.91. The van der Waals surface area contributed by atoms with Crippen molar-refractivity contribution in [1.82, 2.24) is 0 Å². The molecular formula is C20H23NO2S. The van der Waals surface area contributed by atoms with Gasteiger partial charge in [-0.25, -0.2) is 0 Å². The molecule has 0 aromatic heterocycles. The fourth-order valence-corrected chi connectivity index (χ4v) is 3.66. The van der Waals surface area contributed by atoms with Gasteiger partial charge in [0.25, 0.3) is 0 Å². The van der Waals surface area contributed by atoms with Gasteiger partial charge < -0.3 is 10.1 Å². The summed E-state index contributed by atoms with van der Waals surface area (Å²) in [5, 5.41) is 2.89. The van der Waals surface area contributed by atoms with Gasteiger partial charge in [-0.15, -0.1) is 11.8 Å². The van der Waals surface area contributed by atoms with Crippen LogP contribution in [0, 0.1) is 0 Å². The van der Waals surface area contributed by atoms with E-state index in [2.05, 4.69) is 41.7 Å². The van der Waals surface area contributed by atoms with Crippen LogP contribution in [-0.4, -0.2) is 18.3 Å². The minimum Gasteiger partial charge on any atom is -0.494 e. The second-order valence-corrected chi connectivity index (χ2v) is 7.11. The Kier molecular flexibility index (Phi) is 6.19. The number of fused-ring (bicyclic) bond motifs is 1. The van der Waals surface area contributed by atoms with Crippen molar-refractivity contribution in [3.8, 4) is 5.75 Å². The number of carbonyl (C=O) groups is 1. The molecule has 0 spiro atoms. The fourth-order valence-electron chi connectivity index (χ4n) is 2.73. The Morgan fingerprint density at radius 2 is 1.88 bits per heavy atom. The summed E-state index contributed by atoms with van der Waals surface area (Å²) in [7, 11) is 0. The topological polar surface area (TPSA) is 38.3 Å². The molecule has 2 aromatic rings. The third kappa shape index (κ3) is 5.03. The molecule has 3 rings (SSSR count). The van der Waals surface area contributed by atoms with Gasteiger partial charge in [0, 0.05) is 17.0 Å². The first-order valence-corrected chi connectivity index (χ1v) is 9.53. The van der Waals surface area contributed by atoms with E-state index in [1.54, 1.807) is 0 Å². The second-order valence-electron chi connectivity index (χ2n) is 5.94. The van der Waals surface area contributed by atoms with Crippen LogP contribution in [0.1, 0.15) is 31.2 Å². The van der Waals surface area contributed by atoms with Crippen LogP contribution in [-0.2, 0) is 11.2 Å². The zero-order valence-electron chi connectivity index (χ0n) is 13.8. The molecule has 0 radical (unpaired) electrons. The Hall–Kier alpha value is -1.94. The van der Waals surface area contributed by atoms with Gasteiger partial charge in [-0.3, -0.25) is 4.79 Å². The summed E-state index contributed by atoms with van der Waals surface area (Å²) in [6.07, 6.45) is 4.83.